The maximum Gasteiger partial charge on any atom is 0.276 e. The maximum absolute atomic E-state index is 13.7. The van der Waals surface area contributed by atoms with Crippen LogP contribution in [0, 0.1) is 5.82 Å². The summed E-state index contributed by atoms with van der Waals surface area (Å²) in [6, 6.07) is 4.35. The normalized spacial score (nSPS) is 16.7. The average molecular weight is 329 g/mol. The van der Waals surface area contributed by atoms with Crippen molar-refractivity contribution in [3.63, 3.8) is 0 Å². The van der Waals surface area contributed by atoms with Crippen LogP contribution in [0.1, 0.15) is 12.0 Å². The van der Waals surface area contributed by atoms with Gasteiger partial charge in [-0.15, -0.1) is 0 Å². The molecule has 1 aromatic carbocycles. The highest BCUT2D eigenvalue weighted by molar-refractivity contribution is 7.80. The molecule has 7 heteroatoms. The summed E-state index contributed by atoms with van der Waals surface area (Å²) >= 11 is 11.1. The molecule has 0 bridgehead atoms. The van der Waals surface area contributed by atoms with E-state index in [2.05, 4.69) is 5.32 Å². The van der Waals surface area contributed by atoms with E-state index in [0.717, 1.165) is 0 Å². The van der Waals surface area contributed by atoms with Crippen LogP contribution in [0.25, 0.3) is 6.08 Å². The van der Waals surface area contributed by atoms with Gasteiger partial charge in [0.15, 0.2) is 5.11 Å². The fourth-order valence-corrected chi connectivity index (χ4v) is 2.44. The third-order valence-electron chi connectivity index (χ3n) is 2.98. The minimum atomic E-state index is -0.492. The van der Waals surface area contributed by atoms with Crippen molar-refractivity contribution in [2.45, 2.75) is 6.42 Å². The number of rotatable bonds is 5. The van der Waals surface area contributed by atoms with Gasteiger partial charge >= 0.3 is 0 Å². The van der Waals surface area contributed by atoms with Gasteiger partial charge in [-0.1, -0.05) is 17.7 Å². The molecule has 0 unspecified atom stereocenters. The highest BCUT2D eigenvalue weighted by Gasteiger charge is 2.30. The van der Waals surface area contributed by atoms with Crippen LogP contribution in [0.5, 0.6) is 0 Å². The number of hydrogen-bond acceptors (Lipinski definition) is 3. The molecule has 0 aliphatic carbocycles. The summed E-state index contributed by atoms with van der Waals surface area (Å²) in [5.41, 5.74) is 0.376. The van der Waals surface area contributed by atoms with E-state index in [1.807, 2.05) is 0 Å². The standard InChI is InChI=1S/C14H14ClFN2O2S/c1-20-7-3-6-18-13(19)12(17-14(18)21)8-9-10(15)4-2-5-11(9)16/h2,4-5,8H,3,6-7H2,1H3,(H,17,21)/b12-8+. The number of nitrogens with zero attached hydrogens (tertiary/aromatic N) is 1. The van der Waals surface area contributed by atoms with E-state index in [4.69, 9.17) is 28.6 Å². The third-order valence-corrected chi connectivity index (χ3v) is 3.63. The Morgan fingerprint density at radius 2 is 2.29 bits per heavy atom. The van der Waals surface area contributed by atoms with Crippen LogP contribution in [0.2, 0.25) is 5.02 Å². The second-order valence-corrected chi connectivity index (χ2v) is 5.22. The number of thiocarbonyl (C=S) groups is 1. The minimum absolute atomic E-state index is 0.163. The predicted octanol–water partition coefficient (Wildman–Crippen LogP) is 2.57. The van der Waals surface area contributed by atoms with E-state index < -0.39 is 5.82 Å². The highest BCUT2D eigenvalue weighted by atomic mass is 35.5. The first-order valence-corrected chi connectivity index (χ1v) is 7.10. The summed E-state index contributed by atoms with van der Waals surface area (Å²) in [6.07, 6.45) is 2.04. The van der Waals surface area contributed by atoms with Crippen molar-refractivity contribution in [3.8, 4) is 0 Å². The summed E-state index contributed by atoms with van der Waals surface area (Å²) in [5.74, 6) is -0.788. The molecule has 0 radical (unpaired) electrons. The monoisotopic (exact) mass is 328 g/mol. The first-order valence-electron chi connectivity index (χ1n) is 6.32. The van der Waals surface area contributed by atoms with E-state index in [1.165, 1.54) is 23.1 Å². The van der Waals surface area contributed by atoms with Crippen LogP contribution in [-0.4, -0.2) is 36.2 Å². The molecule has 1 fully saturated rings. The number of carbonyl (C=O) groups excluding carboxylic acids is 1. The average Bonchev–Trinajstić information content (AvgIpc) is 2.70. The van der Waals surface area contributed by atoms with E-state index >= 15 is 0 Å². The Bertz CT molecular complexity index is 586. The number of ether oxygens (including phenoxy) is 1. The van der Waals surface area contributed by atoms with Crippen molar-refractivity contribution in [1.29, 1.82) is 0 Å². The SMILES string of the molecule is COCCCN1C(=O)/C(=C\c2c(F)cccc2Cl)NC1=S. The molecule has 21 heavy (non-hydrogen) atoms. The quantitative estimate of drug-likeness (QED) is 0.512. The van der Waals surface area contributed by atoms with Gasteiger partial charge in [-0.05, 0) is 36.8 Å². The number of benzene rings is 1. The van der Waals surface area contributed by atoms with Gasteiger partial charge in [0.2, 0.25) is 0 Å². The Morgan fingerprint density at radius 1 is 1.52 bits per heavy atom. The van der Waals surface area contributed by atoms with Crippen molar-refractivity contribution >= 4 is 40.9 Å². The van der Waals surface area contributed by atoms with Crippen molar-refractivity contribution in [1.82, 2.24) is 10.2 Å². The van der Waals surface area contributed by atoms with Gasteiger partial charge in [-0.2, -0.15) is 0 Å². The number of halogens is 2. The fourth-order valence-electron chi connectivity index (χ4n) is 1.93. The van der Waals surface area contributed by atoms with Crippen molar-refractivity contribution in [2.24, 2.45) is 0 Å². The van der Waals surface area contributed by atoms with Gasteiger partial charge in [-0.3, -0.25) is 9.69 Å². The van der Waals surface area contributed by atoms with Crippen LogP contribution < -0.4 is 5.32 Å². The van der Waals surface area contributed by atoms with E-state index in [0.29, 0.717) is 24.7 Å². The smallest absolute Gasteiger partial charge is 0.276 e. The summed E-state index contributed by atoms with van der Waals surface area (Å²) in [7, 11) is 1.59. The first kappa shape index (κ1) is 15.9. The number of methoxy groups -OCH3 is 1. The molecule has 4 nitrogen and oxygen atoms in total. The Labute approximate surface area is 132 Å². The number of carbonyl (C=O) groups is 1. The predicted molar refractivity (Wildman–Crippen MR) is 83.3 cm³/mol. The van der Waals surface area contributed by atoms with Crippen molar-refractivity contribution in [3.05, 3.63) is 40.3 Å². The topological polar surface area (TPSA) is 41.6 Å². The Hall–Kier alpha value is -1.50. The van der Waals surface area contributed by atoms with Crippen LogP contribution in [0.15, 0.2) is 23.9 Å². The zero-order chi connectivity index (χ0) is 15.4. The summed E-state index contributed by atoms with van der Waals surface area (Å²) in [6.45, 7) is 0.978. The highest BCUT2D eigenvalue weighted by Crippen LogP contribution is 2.23. The largest absolute Gasteiger partial charge is 0.385 e. The Kier molecular flexibility index (Phi) is 5.27. The van der Waals surface area contributed by atoms with Crippen LogP contribution in [0.3, 0.4) is 0 Å². The lowest BCUT2D eigenvalue weighted by atomic mass is 10.1. The zero-order valence-corrected chi connectivity index (χ0v) is 12.9. The summed E-state index contributed by atoms with van der Waals surface area (Å²) in [5, 5.41) is 3.32. The van der Waals surface area contributed by atoms with Gasteiger partial charge in [0, 0.05) is 25.8 Å². The zero-order valence-electron chi connectivity index (χ0n) is 11.4. The molecule has 2 rings (SSSR count). The molecule has 1 N–H and O–H groups in total. The Morgan fingerprint density at radius 3 is 2.95 bits per heavy atom. The van der Waals surface area contributed by atoms with E-state index in [-0.39, 0.29) is 22.2 Å². The van der Waals surface area contributed by atoms with Gasteiger partial charge in [0.05, 0.1) is 5.02 Å². The number of nitrogens with one attached hydrogen (secondary N) is 1. The van der Waals surface area contributed by atoms with Crippen LogP contribution >= 0.6 is 23.8 Å². The molecule has 1 heterocycles. The summed E-state index contributed by atoms with van der Waals surface area (Å²) < 4.78 is 18.7. The van der Waals surface area contributed by atoms with Crippen molar-refractivity contribution in [2.75, 3.05) is 20.3 Å². The van der Waals surface area contributed by atoms with Crippen molar-refractivity contribution < 1.29 is 13.9 Å². The third kappa shape index (κ3) is 3.58. The van der Waals surface area contributed by atoms with Crippen LogP contribution in [-0.2, 0) is 9.53 Å². The van der Waals surface area contributed by atoms with E-state index in [9.17, 15) is 9.18 Å². The molecule has 0 aromatic heterocycles. The van der Waals surface area contributed by atoms with Gasteiger partial charge in [0.1, 0.15) is 11.5 Å². The van der Waals surface area contributed by atoms with Gasteiger partial charge in [0.25, 0.3) is 5.91 Å². The molecule has 1 amide bonds. The molecule has 1 saturated heterocycles. The molecule has 1 aliphatic rings. The lowest BCUT2D eigenvalue weighted by Crippen LogP contribution is -2.32. The minimum Gasteiger partial charge on any atom is -0.385 e. The number of amides is 1. The molecule has 0 atom stereocenters. The van der Waals surface area contributed by atoms with Gasteiger partial charge < -0.3 is 10.1 Å². The summed E-state index contributed by atoms with van der Waals surface area (Å²) in [4.78, 5) is 13.7. The lowest BCUT2D eigenvalue weighted by molar-refractivity contribution is -0.122. The maximum atomic E-state index is 13.7. The molecule has 1 aliphatic heterocycles. The number of hydrogen-bond donors (Lipinski definition) is 1. The molecular weight excluding hydrogens is 315 g/mol. The molecule has 1 aromatic rings. The first-order chi connectivity index (χ1) is 10.0. The Balaban J connectivity index is 2.20. The lowest BCUT2D eigenvalue weighted by Gasteiger charge is -2.12. The molecule has 0 spiro atoms. The van der Waals surface area contributed by atoms with E-state index in [1.54, 1.807) is 13.2 Å². The second-order valence-electron chi connectivity index (χ2n) is 4.43. The molecular formula is C14H14ClFN2O2S. The fraction of sp³-hybridized carbons (Fsp3) is 0.286. The second kappa shape index (κ2) is 6.98. The van der Waals surface area contributed by atoms with Crippen LogP contribution in [0.4, 0.5) is 4.39 Å². The molecule has 0 saturated carbocycles. The molecule has 112 valence electrons. The van der Waals surface area contributed by atoms with Gasteiger partial charge in [-0.25, -0.2) is 4.39 Å².